The van der Waals surface area contributed by atoms with Crippen LogP contribution in [0.3, 0.4) is 0 Å². The van der Waals surface area contributed by atoms with Crippen molar-refractivity contribution in [3.63, 3.8) is 0 Å². The van der Waals surface area contributed by atoms with Gasteiger partial charge in [-0.25, -0.2) is 4.79 Å². The van der Waals surface area contributed by atoms with Gasteiger partial charge in [0.25, 0.3) is 5.09 Å². The fourth-order valence-electron chi connectivity index (χ4n) is 2.19. The van der Waals surface area contributed by atoms with Gasteiger partial charge in [0.1, 0.15) is 0 Å². The SMILES string of the molecule is O=C(c1ccccc1)c1cccc(C(O)C(=O)OCCCO[N+](=O)[O-])c1. The zero-order valence-electron chi connectivity index (χ0n) is 13.7. The molecule has 0 bridgehead atoms. The maximum absolute atomic E-state index is 12.4. The van der Waals surface area contributed by atoms with Crippen molar-refractivity contribution in [2.24, 2.45) is 0 Å². The number of ketones is 1. The van der Waals surface area contributed by atoms with Crippen molar-refractivity contribution >= 4 is 11.8 Å². The van der Waals surface area contributed by atoms with Gasteiger partial charge < -0.3 is 14.7 Å². The van der Waals surface area contributed by atoms with Crippen molar-refractivity contribution in [3.8, 4) is 0 Å². The van der Waals surface area contributed by atoms with Crippen LogP contribution >= 0.6 is 0 Å². The Balaban J connectivity index is 1.97. The van der Waals surface area contributed by atoms with Crippen LogP contribution in [0.15, 0.2) is 54.6 Å². The van der Waals surface area contributed by atoms with Crippen molar-refractivity contribution in [2.45, 2.75) is 12.5 Å². The standard InChI is InChI=1S/C18H17NO7/c20-16(13-6-2-1-3-7-13)14-8-4-9-15(12-14)17(21)18(22)25-10-5-11-26-19(23)24/h1-4,6-9,12,17,21H,5,10-11H2. The Bertz CT molecular complexity index is 776. The van der Waals surface area contributed by atoms with Gasteiger partial charge in [-0.15, -0.1) is 10.1 Å². The van der Waals surface area contributed by atoms with Gasteiger partial charge in [-0.1, -0.05) is 48.5 Å². The molecule has 8 nitrogen and oxygen atoms in total. The summed E-state index contributed by atoms with van der Waals surface area (Å²) >= 11 is 0. The Morgan fingerprint density at radius 1 is 1.04 bits per heavy atom. The minimum Gasteiger partial charge on any atom is -0.463 e. The monoisotopic (exact) mass is 359 g/mol. The molecule has 0 radical (unpaired) electrons. The van der Waals surface area contributed by atoms with Gasteiger partial charge in [0.05, 0.1) is 13.2 Å². The number of aliphatic hydroxyl groups excluding tert-OH is 1. The molecule has 0 amide bonds. The summed E-state index contributed by atoms with van der Waals surface area (Å²) < 4.78 is 4.85. The first-order chi connectivity index (χ1) is 12.5. The molecule has 0 heterocycles. The van der Waals surface area contributed by atoms with E-state index >= 15 is 0 Å². The first-order valence-electron chi connectivity index (χ1n) is 7.81. The number of ether oxygens (including phenoxy) is 1. The summed E-state index contributed by atoms with van der Waals surface area (Å²) in [7, 11) is 0. The molecule has 0 aliphatic carbocycles. The van der Waals surface area contributed by atoms with E-state index in [1.165, 1.54) is 12.1 Å². The fourth-order valence-corrected chi connectivity index (χ4v) is 2.19. The molecule has 1 N–H and O–H groups in total. The number of carbonyl (C=O) groups is 2. The van der Waals surface area contributed by atoms with Crippen LogP contribution in [0.2, 0.25) is 0 Å². The number of hydrogen-bond acceptors (Lipinski definition) is 7. The van der Waals surface area contributed by atoms with E-state index in [1.54, 1.807) is 42.5 Å². The topological polar surface area (TPSA) is 116 Å². The smallest absolute Gasteiger partial charge is 0.339 e. The number of hydrogen-bond donors (Lipinski definition) is 1. The maximum Gasteiger partial charge on any atom is 0.339 e. The number of nitrogens with zero attached hydrogens (tertiary/aromatic N) is 1. The van der Waals surface area contributed by atoms with E-state index < -0.39 is 17.2 Å². The lowest BCUT2D eigenvalue weighted by atomic mass is 9.99. The molecule has 2 aromatic carbocycles. The highest BCUT2D eigenvalue weighted by Crippen LogP contribution is 2.18. The van der Waals surface area contributed by atoms with Crippen molar-refractivity contribution in [3.05, 3.63) is 81.4 Å². The van der Waals surface area contributed by atoms with Gasteiger partial charge in [-0.05, 0) is 11.6 Å². The molecule has 136 valence electrons. The van der Waals surface area contributed by atoms with E-state index in [0.717, 1.165) is 0 Å². The van der Waals surface area contributed by atoms with Crippen molar-refractivity contribution < 1.29 is 29.4 Å². The van der Waals surface area contributed by atoms with E-state index in [-0.39, 0.29) is 31.0 Å². The fraction of sp³-hybridized carbons (Fsp3) is 0.222. The lowest BCUT2D eigenvalue weighted by Crippen LogP contribution is -2.17. The van der Waals surface area contributed by atoms with Gasteiger partial charge in [-0.2, -0.15) is 0 Å². The Morgan fingerprint density at radius 3 is 2.42 bits per heavy atom. The molecule has 0 aromatic heterocycles. The molecule has 0 aliphatic rings. The quantitative estimate of drug-likeness (QED) is 0.239. The third-order valence-corrected chi connectivity index (χ3v) is 3.45. The van der Waals surface area contributed by atoms with Crippen molar-refractivity contribution in [1.82, 2.24) is 0 Å². The third kappa shape index (κ3) is 5.38. The van der Waals surface area contributed by atoms with Crippen molar-refractivity contribution in [1.29, 1.82) is 0 Å². The molecule has 1 unspecified atom stereocenters. The van der Waals surface area contributed by atoms with E-state index in [2.05, 4.69) is 4.84 Å². The first-order valence-corrected chi connectivity index (χ1v) is 7.81. The summed E-state index contributed by atoms with van der Waals surface area (Å²) in [6.07, 6.45) is -1.44. The number of esters is 1. The van der Waals surface area contributed by atoms with E-state index in [1.807, 2.05) is 0 Å². The average Bonchev–Trinajstić information content (AvgIpc) is 2.67. The summed E-state index contributed by atoms with van der Waals surface area (Å²) in [5, 5.41) is 19.1. The van der Waals surface area contributed by atoms with Gasteiger partial charge in [0.2, 0.25) is 0 Å². The Morgan fingerprint density at radius 2 is 1.73 bits per heavy atom. The number of carbonyl (C=O) groups excluding carboxylic acids is 2. The number of aliphatic hydroxyl groups is 1. The van der Waals surface area contributed by atoms with Gasteiger partial charge >= 0.3 is 5.97 Å². The molecule has 0 saturated carbocycles. The molecule has 2 aromatic rings. The van der Waals surface area contributed by atoms with Crippen LogP contribution in [0, 0.1) is 10.1 Å². The molecule has 1 atom stereocenters. The van der Waals surface area contributed by atoms with Crippen LogP contribution in [0.1, 0.15) is 34.0 Å². The summed E-state index contributed by atoms with van der Waals surface area (Å²) in [4.78, 5) is 38.4. The second-order valence-electron chi connectivity index (χ2n) is 5.30. The van der Waals surface area contributed by atoms with Crippen LogP contribution in [0.25, 0.3) is 0 Å². The molecule has 0 fully saturated rings. The molecule has 0 aliphatic heterocycles. The predicted molar refractivity (Wildman–Crippen MR) is 89.8 cm³/mol. The highest BCUT2D eigenvalue weighted by molar-refractivity contribution is 6.09. The molecule has 0 saturated heterocycles. The first kappa shape index (κ1) is 19.1. The summed E-state index contributed by atoms with van der Waals surface area (Å²) in [5.74, 6) is -1.14. The highest BCUT2D eigenvalue weighted by atomic mass is 16.9. The Kier molecular flexibility index (Phi) is 6.81. The maximum atomic E-state index is 12.4. The summed E-state index contributed by atoms with van der Waals surface area (Å²) in [6.45, 7) is -0.343. The molecular formula is C18H17NO7. The normalized spacial score (nSPS) is 11.4. The second-order valence-corrected chi connectivity index (χ2v) is 5.30. The zero-order valence-corrected chi connectivity index (χ0v) is 13.7. The molecule has 0 spiro atoms. The van der Waals surface area contributed by atoms with E-state index in [9.17, 15) is 24.8 Å². The van der Waals surface area contributed by atoms with Gasteiger partial charge in [0, 0.05) is 17.5 Å². The zero-order chi connectivity index (χ0) is 18.9. The van der Waals surface area contributed by atoms with E-state index in [4.69, 9.17) is 4.74 Å². The largest absolute Gasteiger partial charge is 0.463 e. The van der Waals surface area contributed by atoms with Crippen molar-refractivity contribution in [2.75, 3.05) is 13.2 Å². The number of benzene rings is 2. The van der Waals surface area contributed by atoms with Crippen LogP contribution in [-0.2, 0) is 14.4 Å². The van der Waals surface area contributed by atoms with E-state index in [0.29, 0.717) is 11.1 Å². The molecule has 8 heteroatoms. The summed E-state index contributed by atoms with van der Waals surface area (Å²) in [5.41, 5.74) is 1.05. The summed E-state index contributed by atoms with van der Waals surface area (Å²) in [6, 6.07) is 14.7. The highest BCUT2D eigenvalue weighted by Gasteiger charge is 2.20. The third-order valence-electron chi connectivity index (χ3n) is 3.45. The lowest BCUT2D eigenvalue weighted by Gasteiger charge is -2.12. The van der Waals surface area contributed by atoms with Crippen LogP contribution in [-0.4, -0.2) is 35.2 Å². The second kappa shape index (κ2) is 9.28. The number of rotatable bonds is 9. The Labute approximate surface area is 149 Å². The predicted octanol–water partition coefficient (Wildman–Crippen LogP) is 2.09. The molecule has 2 rings (SSSR count). The van der Waals surface area contributed by atoms with Crippen LogP contribution in [0.4, 0.5) is 0 Å². The van der Waals surface area contributed by atoms with Gasteiger partial charge in [-0.3, -0.25) is 4.79 Å². The minimum atomic E-state index is -1.56. The van der Waals surface area contributed by atoms with Crippen LogP contribution < -0.4 is 0 Å². The van der Waals surface area contributed by atoms with Gasteiger partial charge in [0.15, 0.2) is 11.9 Å². The Hall–Kier alpha value is -3.26. The molecular weight excluding hydrogens is 342 g/mol. The van der Waals surface area contributed by atoms with Crippen LogP contribution in [0.5, 0.6) is 0 Å². The average molecular weight is 359 g/mol. The lowest BCUT2D eigenvalue weighted by molar-refractivity contribution is -0.757. The molecule has 26 heavy (non-hydrogen) atoms. The minimum absolute atomic E-state index is 0.117.